The molecule has 0 aliphatic rings. The van der Waals surface area contributed by atoms with Gasteiger partial charge in [-0.3, -0.25) is 5.10 Å². The van der Waals surface area contributed by atoms with E-state index in [1.807, 2.05) is 0 Å². The number of aromatic nitrogens is 2. The highest BCUT2D eigenvalue weighted by Crippen LogP contribution is 2.30. The number of aromatic amines is 1. The van der Waals surface area contributed by atoms with Crippen molar-refractivity contribution in [3.63, 3.8) is 0 Å². The predicted molar refractivity (Wildman–Crippen MR) is 66.1 cm³/mol. The lowest BCUT2D eigenvalue weighted by Gasteiger charge is -2.08. The molecule has 1 N–H and O–H groups in total. The molecular formula is C12H9N3OS. The van der Waals surface area contributed by atoms with Crippen molar-refractivity contribution < 1.29 is 4.74 Å². The Balaban J connectivity index is 2.65. The fourth-order valence-corrected chi connectivity index (χ4v) is 1.71. The van der Waals surface area contributed by atoms with Gasteiger partial charge in [0.15, 0.2) is 0 Å². The Hall–Kier alpha value is -2.19. The van der Waals surface area contributed by atoms with Gasteiger partial charge in [-0.25, -0.2) is 0 Å². The molecule has 2 rings (SSSR count). The minimum atomic E-state index is 0.534. The second-order valence-electron chi connectivity index (χ2n) is 3.36. The first-order valence-corrected chi connectivity index (χ1v) is 5.28. The molecule has 0 atom stereocenters. The van der Waals surface area contributed by atoms with Crippen LogP contribution in [-0.2, 0) is 0 Å². The van der Waals surface area contributed by atoms with Crippen molar-refractivity contribution in [3.8, 4) is 22.9 Å². The molecule has 0 aliphatic carbocycles. The number of hydrogen-bond donors (Lipinski definition) is 1. The fourth-order valence-electron chi connectivity index (χ4n) is 1.53. The molecule has 0 spiro atoms. The van der Waals surface area contributed by atoms with E-state index in [0.29, 0.717) is 16.0 Å². The normalized spacial score (nSPS) is 9.65. The standard InChI is InChI=1S/C12H9N3OS/c1-16-11-3-2-8(6-13)4-10(11)9-5-12(17)15-14-7-9/h2-5,7H,1H3,(H,15,17). The highest BCUT2D eigenvalue weighted by molar-refractivity contribution is 7.71. The van der Waals surface area contributed by atoms with Crippen molar-refractivity contribution in [2.45, 2.75) is 0 Å². The van der Waals surface area contributed by atoms with Gasteiger partial charge in [0, 0.05) is 11.1 Å². The topological polar surface area (TPSA) is 61.7 Å². The van der Waals surface area contributed by atoms with E-state index in [4.69, 9.17) is 22.2 Å². The Labute approximate surface area is 103 Å². The second kappa shape index (κ2) is 4.76. The zero-order chi connectivity index (χ0) is 12.3. The first-order chi connectivity index (χ1) is 8.24. The van der Waals surface area contributed by atoms with Crippen LogP contribution in [0.15, 0.2) is 30.5 Å². The van der Waals surface area contributed by atoms with Crippen LogP contribution in [0.25, 0.3) is 11.1 Å². The first-order valence-electron chi connectivity index (χ1n) is 4.88. The molecule has 0 fully saturated rings. The van der Waals surface area contributed by atoms with Gasteiger partial charge >= 0.3 is 0 Å². The van der Waals surface area contributed by atoms with Gasteiger partial charge in [0.25, 0.3) is 0 Å². The molecule has 0 aliphatic heterocycles. The number of nitrogens with zero attached hydrogens (tertiary/aromatic N) is 2. The Morgan fingerprint density at radius 3 is 2.88 bits per heavy atom. The van der Waals surface area contributed by atoms with E-state index >= 15 is 0 Å². The Morgan fingerprint density at radius 2 is 2.24 bits per heavy atom. The van der Waals surface area contributed by atoms with Crippen LogP contribution in [-0.4, -0.2) is 17.3 Å². The van der Waals surface area contributed by atoms with Crippen LogP contribution in [0.3, 0.4) is 0 Å². The summed E-state index contributed by atoms with van der Waals surface area (Å²) in [5.41, 5.74) is 2.20. The third-order valence-electron chi connectivity index (χ3n) is 2.30. The number of ether oxygens (including phenoxy) is 1. The maximum Gasteiger partial charge on any atom is 0.126 e. The van der Waals surface area contributed by atoms with Crippen LogP contribution < -0.4 is 4.74 Å². The summed E-state index contributed by atoms with van der Waals surface area (Å²) >= 11 is 5.02. The summed E-state index contributed by atoms with van der Waals surface area (Å²) in [6, 6.07) is 9.09. The van der Waals surface area contributed by atoms with Gasteiger partial charge < -0.3 is 4.74 Å². The summed E-state index contributed by atoms with van der Waals surface area (Å²) < 4.78 is 5.79. The van der Waals surface area contributed by atoms with Gasteiger partial charge in [0.2, 0.25) is 0 Å². The van der Waals surface area contributed by atoms with Crippen LogP contribution in [0.1, 0.15) is 5.56 Å². The number of nitrogens with one attached hydrogen (secondary N) is 1. The first kappa shape index (κ1) is 11.3. The van der Waals surface area contributed by atoms with Crippen LogP contribution in [0.5, 0.6) is 5.75 Å². The zero-order valence-electron chi connectivity index (χ0n) is 9.10. The summed E-state index contributed by atoms with van der Waals surface area (Å²) in [6.07, 6.45) is 1.65. The van der Waals surface area contributed by atoms with Crippen molar-refractivity contribution in [3.05, 3.63) is 40.7 Å². The number of rotatable bonds is 2. The Kier molecular flexibility index (Phi) is 3.17. The zero-order valence-corrected chi connectivity index (χ0v) is 9.91. The smallest absolute Gasteiger partial charge is 0.126 e. The molecule has 0 saturated carbocycles. The minimum Gasteiger partial charge on any atom is -0.496 e. The summed E-state index contributed by atoms with van der Waals surface area (Å²) in [4.78, 5) is 0. The molecule has 0 radical (unpaired) electrons. The largest absolute Gasteiger partial charge is 0.496 e. The Bertz CT molecular complexity index is 643. The molecule has 0 amide bonds. The van der Waals surface area contributed by atoms with E-state index in [0.717, 1.165) is 11.1 Å². The van der Waals surface area contributed by atoms with E-state index < -0.39 is 0 Å². The van der Waals surface area contributed by atoms with Crippen molar-refractivity contribution in [1.29, 1.82) is 5.26 Å². The van der Waals surface area contributed by atoms with Crippen LogP contribution in [0.4, 0.5) is 0 Å². The van der Waals surface area contributed by atoms with Gasteiger partial charge in [-0.2, -0.15) is 10.4 Å². The second-order valence-corrected chi connectivity index (χ2v) is 3.80. The third-order valence-corrected chi connectivity index (χ3v) is 2.51. The number of benzene rings is 1. The SMILES string of the molecule is COc1ccc(C#N)cc1-c1cn[nH]c(=S)c1. The number of nitriles is 1. The van der Waals surface area contributed by atoms with Crippen molar-refractivity contribution in [2.24, 2.45) is 0 Å². The average Bonchev–Trinajstić information content (AvgIpc) is 2.38. The lowest BCUT2D eigenvalue weighted by atomic mass is 10.0. The Morgan fingerprint density at radius 1 is 1.41 bits per heavy atom. The molecule has 1 aromatic carbocycles. The summed E-state index contributed by atoms with van der Waals surface area (Å²) in [7, 11) is 1.59. The van der Waals surface area contributed by atoms with Crippen LogP contribution in [0.2, 0.25) is 0 Å². The molecule has 0 saturated heterocycles. The molecule has 0 unspecified atom stereocenters. The van der Waals surface area contributed by atoms with Gasteiger partial charge in [-0.05, 0) is 24.3 Å². The minimum absolute atomic E-state index is 0.534. The van der Waals surface area contributed by atoms with E-state index in [2.05, 4.69) is 16.3 Å². The maximum absolute atomic E-state index is 8.89. The molecular weight excluding hydrogens is 234 g/mol. The van der Waals surface area contributed by atoms with Gasteiger partial charge in [0.05, 0.1) is 24.9 Å². The quantitative estimate of drug-likeness (QED) is 0.824. The lowest BCUT2D eigenvalue weighted by molar-refractivity contribution is 0.416. The van der Waals surface area contributed by atoms with Crippen LogP contribution >= 0.6 is 12.2 Å². The van der Waals surface area contributed by atoms with Gasteiger partial charge in [0.1, 0.15) is 10.4 Å². The predicted octanol–water partition coefficient (Wildman–Crippen LogP) is 2.69. The van der Waals surface area contributed by atoms with Gasteiger partial charge in [-0.15, -0.1) is 0 Å². The third kappa shape index (κ3) is 2.32. The van der Waals surface area contributed by atoms with E-state index in [1.54, 1.807) is 37.6 Å². The van der Waals surface area contributed by atoms with E-state index in [1.165, 1.54) is 0 Å². The monoisotopic (exact) mass is 243 g/mol. The number of methoxy groups -OCH3 is 1. The molecule has 0 bridgehead atoms. The molecule has 4 nitrogen and oxygen atoms in total. The average molecular weight is 243 g/mol. The molecule has 2 aromatic rings. The van der Waals surface area contributed by atoms with Crippen molar-refractivity contribution in [2.75, 3.05) is 7.11 Å². The van der Waals surface area contributed by atoms with Gasteiger partial charge in [-0.1, -0.05) is 12.2 Å². The van der Waals surface area contributed by atoms with E-state index in [9.17, 15) is 0 Å². The molecule has 5 heteroatoms. The highest BCUT2D eigenvalue weighted by Gasteiger charge is 2.07. The molecule has 1 heterocycles. The van der Waals surface area contributed by atoms with Crippen molar-refractivity contribution >= 4 is 12.2 Å². The lowest BCUT2D eigenvalue weighted by Crippen LogP contribution is -1.91. The van der Waals surface area contributed by atoms with Crippen molar-refractivity contribution in [1.82, 2.24) is 10.2 Å². The molecule has 17 heavy (non-hydrogen) atoms. The highest BCUT2D eigenvalue weighted by atomic mass is 32.1. The molecule has 1 aromatic heterocycles. The summed E-state index contributed by atoms with van der Waals surface area (Å²) in [5.74, 6) is 0.686. The maximum atomic E-state index is 8.89. The van der Waals surface area contributed by atoms with Crippen LogP contribution in [0, 0.1) is 16.0 Å². The molecule has 84 valence electrons. The number of hydrogen-bond acceptors (Lipinski definition) is 4. The fraction of sp³-hybridized carbons (Fsp3) is 0.0833. The summed E-state index contributed by atoms with van der Waals surface area (Å²) in [5, 5.41) is 15.5. The van der Waals surface area contributed by atoms with E-state index in [-0.39, 0.29) is 0 Å². The summed E-state index contributed by atoms with van der Waals surface area (Å²) in [6.45, 7) is 0. The number of H-pyrrole nitrogens is 1.